The zero-order chi connectivity index (χ0) is 27.9. The van der Waals surface area contributed by atoms with Crippen LogP contribution in [0.15, 0.2) is 59.5 Å². The molecule has 3 aromatic rings. The molecule has 2 aliphatic rings. The number of rotatable bonds is 6. The Hall–Kier alpha value is -3.98. The molecule has 1 amide bonds. The van der Waals surface area contributed by atoms with Crippen molar-refractivity contribution in [2.24, 2.45) is 5.73 Å². The number of hydrogen-bond donors (Lipinski definition) is 1. The van der Waals surface area contributed by atoms with Crippen molar-refractivity contribution in [1.29, 1.82) is 0 Å². The van der Waals surface area contributed by atoms with Crippen LogP contribution in [0, 0.1) is 0 Å². The van der Waals surface area contributed by atoms with Gasteiger partial charge in [-0.1, -0.05) is 48.5 Å². The molecular formula is C30H34N4O5. The molecule has 2 N–H and O–H groups in total. The number of esters is 1. The second kappa shape index (κ2) is 10.3. The Kier molecular flexibility index (Phi) is 7.03. The fraction of sp³-hybridized carbons (Fsp3) is 0.400. The fourth-order valence-electron chi connectivity index (χ4n) is 5.54. The monoisotopic (exact) mass is 530 g/mol. The molecule has 39 heavy (non-hydrogen) atoms. The first-order valence-electron chi connectivity index (χ1n) is 13.2. The standard InChI is InChI=1S/C30H34N4O5/c1-18(2)33-16-23(25-21-11-7-5-9-19(21)13-14-20-10-6-8-12-22(20)25)34-26(28(33)36)27(24(35)15-32-34)38-17-39-29(37)30(3,4)31/h5-12,15,18,23,25H,13-14,16-17,31H2,1-4H3/t23-/m1/s1. The van der Waals surface area contributed by atoms with Crippen LogP contribution in [0.25, 0.3) is 0 Å². The lowest BCUT2D eigenvalue weighted by Gasteiger charge is -2.41. The lowest BCUT2D eigenvalue weighted by Crippen LogP contribution is -2.50. The van der Waals surface area contributed by atoms with E-state index in [0.29, 0.717) is 6.54 Å². The van der Waals surface area contributed by atoms with Crippen molar-refractivity contribution in [1.82, 2.24) is 14.7 Å². The smallest absolute Gasteiger partial charge is 0.328 e. The van der Waals surface area contributed by atoms with E-state index in [0.717, 1.165) is 19.0 Å². The zero-order valence-corrected chi connectivity index (χ0v) is 22.7. The van der Waals surface area contributed by atoms with Crippen LogP contribution >= 0.6 is 0 Å². The number of carbonyl (C=O) groups excluding carboxylic acids is 2. The van der Waals surface area contributed by atoms with Gasteiger partial charge >= 0.3 is 5.97 Å². The predicted octanol–water partition coefficient (Wildman–Crippen LogP) is 3.20. The van der Waals surface area contributed by atoms with E-state index in [4.69, 9.17) is 15.2 Å². The first kappa shape index (κ1) is 26.6. The SMILES string of the molecule is CC(C)N1C[C@H](C2c3ccccc3CCc3ccccc32)n2ncc(=O)c(OCOC(=O)C(C)(C)N)c2C1=O. The Labute approximate surface area is 227 Å². The molecule has 204 valence electrons. The van der Waals surface area contributed by atoms with Gasteiger partial charge in [-0.3, -0.25) is 14.3 Å². The summed E-state index contributed by atoms with van der Waals surface area (Å²) in [6.07, 6.45) is 2.98. The Bertz CT molecular complexity index is 1430. The molecule has 5 rings (SSSR count). The Morgan fingerprint density at radius 3 is 2.21 bits per heavy atom. The molecule has 2 aromatic carbocycles. The summed E-state index contributed by atoms with van der Waals surface area (Å²) in [6.45, 7) is 6.76. The van der Waals surface area contributed by atoms with Crippen molar-refractivity contribution in [2.45, 2.75) is 64.1 Å². The second-order valence-electron chi connectivity index (χ2n) is 11.0. The predicted molar refractivity (Wildman–Crippen MR) is 146 cm³/mol. The maximum atomic E-state index is 13.8. The van der Waals surface area contributed by atoms with Gasteiger partial charge in [0, 0.05) is 18.5 Å². The van der Waals surface area contributed by atoms with Crippen molar-refractivity contribution in [2.75, 3.05) is 13.3 Å². The minimum Gasteiger partial charge on any atom is -0.451 e. The number of aromatic nitrogens is 2. The van der Waals surface area contributed by atoms with Gasteiger partial charge in [0.15, 0.2) is 5.69 Å². The van der Waals surface area contributed by atoms with Crippen molar-refractivity contribution >= 4 is 11.9 Å². The molecule has 1 aliphatic carbocycles. The highest BCUT2D eigenvalue weighted by Gasteiger charge is 2.42. The molecule has 1 aliphatic heterocycles. The maximum absolute atomic E-state index is 13.8. The zero-order valence-electron chi connectivity index (χ0n) is 22.7. The third-order valence-corrected chi connectivity index (χ3v) is 7.50. The van der Waals surface area contributed by atoms with Gasteiger partial charge < -0.3 is 20.1 Å². The number of hydrogen-bond acceptors (Lipinski definition) is 7. The summed E-state index contributed by atoms with van der Waals surface area (Å²) >= 11 is 0. The van der Waals surface area contributed by atoms with E-state index in [-0.39, 0.29) is 35.4 Å². The summed E-state index contributed by atoms with van der Waals surface area (Å²) < 4.78 is 12.5. The van der Waals surface area contributed by atoms with Crippen LogP contribution in [0.1, 0.15) is 72.4 Å². The minimum absolute atomic E-state index is 0.0507. The van der Waals surface area contributed by atoms with Gasteiger partial charge in [0.05, 0.1) is 12.2 Å². The normalized spacial score (nSPS) is 17.2. The molecule has 2 heterocycles. The van der Waals surface area contributed by atoms with Crippen LogP contribution in [-0.2, 0) is 22.4 Å². The molecule has 0 spiro atoms. The van der Waals surface area contributed by atoms with Crippen LogP contribution in [0.5, 0.6) is 5.75 Å². The molecule has 9 heteroatoms. The third-order valence-electron chi connectivity index (χ3n) is 7.50. The van der Waals surface area contributed by atoms with Gasteiger partial charge in [-0.05, 0) is 62.8 Å². The Balaban J connectivity index is 1.65. The first-order chi connectivity index (χ1) is 18.6. The Morgan fingerprint density at radius 1 is 1.05 bits per heavy atom. The highest BCUT2D eigenvalue weighted by atomic mass is 16.7. The molecule has 9 nitrogen and oxygen atoms in total. The quantitative estimate of drug-likeness (QED) is 0.384. The number of carbonyl (C=O) groups is 2. The number of nitrogens with two attached hydrogens (primary N) is 1. The average Bonchev–Trinajstić information content (AvgIpc) is 3.06. The van der Waals surface area contributed by atoms with Gasteiger partial charge in [0.25, 0.3) is 5.91 Å². The Morgan fingerprint density at radius 2 is 1.64 bits per heavy atom. The summed E-state index contributed by atoms with van der Waals surface area (Å²) in [5.74, 6) is -1.36. The molecule has 0 saturated carbocycles. The van der Waals surface area contributed by atoms with E-state index >= 15 is 0 Å². The number of amides is 1. The van der Waals surface area contributed by atoms with Crippen molar-refractivity contribution in [3.8, 4) is 5.75 Å². The number of fused-ring (bicyclic) bond motifs is 3. The number of ether oxygens (including phenoxy) is 2. The topological polar surface area (TPSA) is 117 Å². The number of aryl methyl sites for hydroxylation is 2. The molecular weight excluding hydrogens is 496 g/mol. The van der Waals surface area contributed by atoms with Crippen LogP contribution in [0.2, 0.25) is 0 Å². The molecule has 1 atom stereocenters. The molecule has 0 radical (unpaired) electrons. The summed E-state index contributed by atoms with van der Waals surface area (Å²) in [4.78, 5) is 40.7. The number of benzene rings is 2. The lowest BCUT2D eigenvalue weighted by molar-refractivity contribution is -0.155. The largest absolute Gasteiger partial charge is 0.451 e. The second-order valence-corrected chi connectivity index (χ2v) is 11.0. The van der Waals surface area contributed by atoms with E-state index < -0.39 is 23.7 Å². The molecule has 0 saturated heterocycles. The van der Waals surface area contributed by atoms with Crippen LogP contribution < -0.4 is 15.9 Å². The molecule has 1 aromatic heterocycles. The average molecular weight is 531 g/mol. The molecule has 0 fully saturated rings. The van der Waals surface area contributed by atoms with E-state index in [2.05, 4.69) is 41.5 Å². The third kappa shape index (κ3) is 4.94. The van der Waals surface area contributed by atoms with Crippen molar-refractivity contribution < 1.29 is 19.1 Å². The lowest BCUT2D eigenvalue weighted by atomic mass is 9.81. The van der Waals surface area contributed by atoms with Gasteiger partial charge in [-0.15, -0.1) is 0 Å². The molecule has 0 bridgehead atoms. The van der Waals surface area contributed by atoms with E-state index in [1.165, 1.54) is 36.1 Å². The highest BCUT2D eigenvalue weighted by molar-refractivity contribution is 5.96. The highest BCUT2D eigenvalue weighted by Crippen LogP contribution is 2.44. The summed E-state index contributed by atoms with van der Waals surface area (Å²) in [6, 6.07) is 16.3. The van der Waals surface area contributed by atoms with Crippen LogP contribution in [0.4, 0.5) is 0 Å². The summed E-state index contributed by atoms with van der Waals surface area (Å²) in [5, 5.41) is 4.49. The van der Waals surface area contributed by atoms with Crippen LogP contribution in [-0.4, -0.2) is 51.5 Å². The van der Waals surface area contributed by atoms with Gasteiger partial charge in [-0.25, -0.2) is 4.79 Å². The number of nitrogens with zero attached hydrogens (tertiary/aromatic N) is 3. The fourth-order valence-corrected chi connectivity index (χ4v) is 5.54. The van der Waals surface area contributed by atoms with Gasteiger partial charge in [0.2, 0.25) is 18.0 Å². The molecule has 0 unspecified atom stereocenters. The van der Waals surface area contributed by atoms with E-state index in [9.17, 15) is 14.4 Å². The van der Waals surface area contributed by atoms with Gasteiger partial charge in [-0.2, -0.15) is 5.10 Å². The summed E-state index contributed by atoms with van der Waals surface area (Å²) in [5.41, 5.74) is 8.91. The first-order valence-corrected chi connectivity index (χ1v) is 13.2. The van der Waals surface area contributed by atoms with Crippen molar-refractivity contribution in [3.05, 3.63) is 92.9 Å². The van der Waals surface area contributed by atoms with E-state index in [1.807, 2.05) is 26.0 Å². The maximum Gasteiger partial charge on any atom is 0.328 e. The van der Waals surface area contributed by atoms with E-state index in [1.54, 1.807) is 9.58 Å². The summed E-state index contributed by atoms with van der Waals surface area (Å²) in [7, 11) is 0. The minimum atomic E-state index is -1.23. The van der Waals surface area contributed by atoms with Crippen LogP contribution in [0.3, 0.4) is 0 Å². The van der Waals surface area contributed by atoms with Gasteiger partial charge in [0.1, 0.15) is 5.54 Å². The van der Waals surface area contributed by atoms with Crippen molar-refractivity contribution in [3.63, 3.8) is 0 Å².